The van der Waals surface area contributed by atoms with Gasteiger partial charge in [-0.2, -0.15) is 5.10 Å². The van der Waals surface area contributed by atoms with E-state index in [0.717, 1.165) is 11.3 Å². The van der Waals surface area contributed by atoms with Crippen LogP contribution in [0, 0.1) is 0 Å². The largest absolute Gasteiger partial charge is 0.387 e. The number of para-hydroxylation sites is 1. The Labute approximate surface area is 106 Å². The first kappa shape index (κ1) is 12.2. The van der Waals surface area contributed by atoms with Gasteiger partial charge < -0.3 is 10.6 Å². The van der Waals surface area contributed by atoms with Crippen molar-refractivity contribution in [1.29, 1.82) is 0 Å². The topological polar surface area (TPSA) is 59.0 Å². The first-order valence-electron chi connectivity index (χ1n) is 5.73. The zero-order chi connectivity index (χ0) is 13.0. The van der Waals surface area contributed by atoms with Gasteiger partial charge in [0.15, 0.2) is 0 Å². The van der Waals surface area contributed by atoms with Crippen LogP contribution in [0.2, 0.25) is 0 Å². The number of nitrogens with one attached hydrogen (secondary N) is 2. The monoisotopic (exact) mass is 244 g/mol. The summed E-state index contributed by atoms with van der Waals surface area (Å²) in [5.41, 5.74) is 2.44. The minimum absolute atomic E-state index is 0.0937. The van der Waals surface area contributed by atoms with Crippen LogP contribution in [-0.2, 0) is 13.6 Å². The normalized spacial score (nSPS) is 10.1. The molecule has 0 saturated heterocycles. The van der Waals surface area contributed by atoms with Gasteiger partial charge in [-0.15, -0.1) is 0 Å². The molecular formula is C13H16N4O. The summed E-state index contributed by atoms with van der Waals surface area (Å²) < 4.78 is 1.71. The van der Waals surface area contributed by atoms with Crippen molar-refractivity contribution in [2.75, 3.05) is 12.4 Å². The van der Waals surface area contributed by atoms with E-state index in [9.17, 15) is 4.79 Å². The molecular weight excluding hydrogens is 228 g/mol. The zero-order valence-corrected chi connectivity index (χ0v) is 10.5. The molecule has 0 bridgehead atoms. The van der Waals surface area contributed by atoms with Crippen molar-refractivity contribution in [2.45, 2.75) is 6.54 Å². The number of hydrogen-bond acceptors (Lipinski definition) is 3. The quantitative estimate of drug-likeness (QED) is 0.854. The highest BCUT2D eigenvalue weighted by atomic mass is 16.1. The minimum atomic E-state index is -0.0937. The minimum Gasteiger partial charge on any atom is -0.387 e. The molecule has 1 aromatic carbocycles. The fourth-order valence-corrected chi connectivity index (χ4v) is 1.74. The smallest absolute Gasteiger partial charge is 0.253 e. The van der Waals surface area contributed by atoms with Gasteiger partial charge in [0.05, 0.1) is 11.8 Å². The Morgan fingerprint density at radius 2 is 2.17 bits per heavy atom. The summed E-state index contributed by atoms with van der Waals surface area (Å²) >= 11 is 0. The number of carbonyl (C=O) groups excluding carboxylic acids is 1. The lowest BCUT2D eigenvalue weighted by atomic mass is 10.1. The summed E-state index contributed by atoms with van der Waals surface area (Å²) in [5, 5.41) is 9.93. The third-order valence-corrected chi connectivity index (χ3v) is 2.65. The average Bonchev–Trinajstić information content (AvgIpc) is 2.81. The lowest BCUT2D eigenvalue weighted by Crippen LogP contribution is -2.23. The molecule has 0 aliphatic carbocycles. The van der Waals surface area contributed by atoms with Gasteiger partial charge >= 0.3 is 0 Å². The number of carbonyl (C=O) groups is 1. The zero-order valence-electron chi connectivity index (χ0n) is 10.5. The molecule has 0 saturated carbocycles. The first-order valence-corrected chi connectivity index (χ1v) is 5.73. The highest BCUT2D eigenvalue weighted by Crippen LogP contribution is 2.13. The Morgan fingerprint density at radius 3 is 2.83 bits per heavy atom. The van der Waals surface area contributed by atoms with Gasteiger partial charge in [0.1, 0.15) is 0 Å². The Kier molecular flexibility index (Phi) is 3.62. The Hall–Kier alpha value is -2.30. The Balaban J connectivity index is 2.03. The molecule has 5 nitrogen and oxygen atoms in total. The lowest BCUT2D eigenvalue weighted by Gasteiger charge is -2.08. The van der Waals surface area contributed by atoms with Crippen molar-refractivity contribution in [1.82, 2.24) is 15.1 Å². The molecule has 2 rings (SSSR count). The van der Waals surface area contributed by atoms with Crippen LogP contribution in [0.4, 0.5) is 5.69 Å². The summed E-state index contributed by atoms with van der Waals surface area (Å²) in [7, 11) is 3.65. The Bertz CT molecular complexity index is 547. The molecule has 0 fully saturated rings. The van der Waals surface area contributed by atoms with E-state index in [1.54, 1.807) is 24.0 Å². The van der Waals surface area contributed by atoms with E-state index in [2.05, 4.69) is 15.7 Å². The summed E-state index contributed by atoms with van der Waals surface area (Å²) in [6, 6.07) is 7.41. The maximum absolute atomic E-state index is 12.0. The molecule has 18 heavy (non-hydrogen) atoms. The molecule has 1 aromatic heterocycles. The van der Waals surface area contributed by atoms with Crippen molar-refractivity contribution in [3.63, 3.8) is 0 Å². The van der Waals surface area contributed by atoms with Crippen LogP contribution in [0.5, 0.6) is 0 Å². The van der Waals surface area contributed by atoms with Gasteiger partial charge in [0.2, 0.25) is 0 Å². The maximum Gasteiger partial charge on any atom is 0.253 e. The second kappa shape index (κ2) is 5.35. The number of aryl methyl sites for hydroxylation is 1. The molecule has 0 atom stereocenters. The maximum atomic E-state index is 12.0. The van der Waals surface area contributed by atoms with Gasteiger partial charge in [0.25, 0.3) is 5.91 Å². The highest BCUT2D eigenvalue weighted by Gasteiger charge is 2.09. The van der Waals surface area contributed by atoms with E-state index in [-0.39, 0.29) is 5.91 Å². The predicted octanol–water partition coefficient (Wildman–Crippen LogP) is 1.39. The summed E-state index contributed by atoms with van der Waals surface area (Å²) in [6.45, 7) is 0.477. The van der Waals surface area contributed by atoms with Crippen LogP contribution in [0.1, 0.15) is 15.9 Å². The molecule has 5 heteroatoms. The average molecular weight is 244 g/mol. The third-order valence-electron chi connectivity index (χ3n) is 2.65. The van der Waals surface area contributed by atoms with E-state index in [0.29, 0.717) is 12.1 Å². The van der Waals surface area contributed by atoms with Crippen molar-refractivity contribution in [3.8, 4) is 0 Å². The summed E-state index contributed by atoms with van der Waals surface area (Å²) in [6.07, 6.45) is 3.62. The second-order valence-electron chi connectivity index (χ2n) is 4.00. The van der Waals surface area contributed by atoms with Gasteiger partial charge in [0, 0.05) is 38.1 Å². The van der Waals surface area contributed by atoms with E-state index in [4.69, 9.17) is 0 Å². The van der Waals surface area contributed by atoms with E-state index < -0.39 is 0 Å². The van der Waals surface area contributed by atoms with Gasteiger partial charge in [-0.05, 0) is 12.1 Å². The van der Waals surface area contributed by atoms with Crippen molar-refractivity contribution < 1.29 is 4.79 Å². The number of aromatic nitrogens is 2. The number of amides is 1. The molecule has 2 aromatic rings. The van der Waals surface area contributed by atoms with Crippen LogP contribution in [0.15, 0.2) is 36.7 Å². The molecule has 0 unspecified atom stereocenters. The van der Waals surface area contributed by atoms with Crippen molar-refractivity contribution in [3.05, 3.63) is 47.8 Å². The number of benzene rings is 1. The molecule has 1 heterocycles. The fraction of sp³-hybridized carbons (Fsp3) is 0.231. The number of anilines is 1. The van der Waals surface area contributed by atoms with Crippen LogP contribution >= 0.6 is 0 Å². The van der Waals surface area contributed by atoms with Crippen molar-refractivity contribution in [2.24, 2.45) is 7.05 Å². The van der Waals surface area contributed by atoms with Gasteiger partial charge in [-0.3, -0.25) is 9.48 Å². The molecule has 0 aliphatic heterocycles. The highest BCUT2D eigenvalue weighted by molar-refractivity contribution is 5.99. The van der Waals surface area contributed by atoms with Crippen LogP contribution in [-0.4, -0.2) is 22.7 Å². The second-order valence-corrected chi connectivity index (χ2v) is 4.00. The lowest BCUT2D eigenvalue weighted by molar-refractivity contribution is 0.0951. The number of hydrogen-bond donors (Lipinski definition) is 2. The van der Waals surface area contributed by atoms with Crippen LogP contribution in [0.3, 0.4) is 0 Å². The number of rotatable bonds is 4. The molecule has 0 spiro atoms. The SMILES string of the molecule is CNc1ccccc1C(=O)NCc1cnn(C)c1. The fourth-order valence-electron chi connectivity index (χ4n) is 1.74. The summed E-state index contributed by atoms with van der Waals surface area (Å²) in [5.74, 6) is -0.0937. The number of nitrogens with zero attached hydrogens (tertiary/aromatic N) is 2. The molecule has 2 N–H and O–H groups in total. The first-order chi connectivity index (χ1) is 8.70. The van der Waals surface area contributed by atoms with E-state index in [1.165, 1.54) is 0 Å². The molecule has 94 valence electrons. The molecule has 1 amide bonds. The third kappa shape index (κ3) is 2.68. The van der Waals surface area contributed by atoms with Crippen LogP contribution in [0.25, 0.3) is 0 Å². The van der Waals surface area contributed by atoms with E-state index >= 15 is 0 Å². The van der Waals surface area contributed by atoms with Crippen molar-refractivity contribution >= 4 is 11.6 Å². The molecule has 0 aliphatic rings. The van der Waals surface area contributed by atoms with E-state index in [1.807, 2.05) is 31.4 Å². The van der Waals surface area contributed by atoms with Gasteiger partial charge in [-0.1, -0.05) is 12.1 Å². The standard InChI is InChI=1S/C13H16N4O/c1-14-12-6-4-3-5-11(12)13(18)15-7-10-8-16-17(2)9-10/h3-6,8-9,14H,7H2,1-2H3,(H,15,18). The Morgan fingerprint density at radius 1 is 1.39 bits per heavy atom. The van der Waals surface area contributed by atoms with Gasteiger partial charge in [-0.25, -0.2) is 0 Å². The summed E-state index contributed by atoms with van der Waals surface area (Å²) in [4.78, 5) is 12.0. The molecule has 0 radical (unpaired) electrons. The van der Waals surface area contributed by atoms with Crippen LogP contribution < -0.4 is 10.6 Å². The predicted molar refractivity (Wildman–Crippen MR) is 70.4 cm³/mol.